The van der Waals surface area contributed by atoms with Crippen LogP contribution >= 0.6 is 0 Å². The third kappa shape index (κ3) is 1.76. The number of aromatic nitrogens is 2. The zero-order chi connectivity index (χ0) is 10.8. The summed E-state index contributed by atoms with van der Waals surface area (Å²) in [7, 11) is 0. The molecule has 1 unspecified atom stereocenters. The molecule has 0 spiro atoms. The van der Waals surface area contributed by atoms with Crippen LogP contribution in [-0.4, -0.2) is 28.6 Å². The van der Waals surface area contributed by atoms with Crippen molar-refractivity contribution in [3.63, 3.8) is 0 Å². The smallest absolute Gasteiger partial charge is 0.199 e. The molecule has 1 saturated heterocycles. The highest BCUT2D eigenvalue weighted by Gasteiger charge is 2.14. The fraction of sp³-hybridized carbons (Fsp3) is 0.417. The molecule has 1 N–H and O–H groups in total. The number of nitrogens with one attached hydrogen (secondary N) is 1. The fourth-order valence-electron chi connectivity index (χ4n) is 2.12. The summed E-state index contributed by atoms with van der Waals surface area (Å²) in [5, 5.41) is 3.42. The van der Waals surface area contributed by atoms with Crippen molar-refractivity contribution in [1.29, 1.82) is 0 Å². The van der Waals surface area contributed by atoms with E-state index < -0.39 is 0 Å². The maximum atomic E-state index is 5.82. The van der Waals surface area contributed by atoms with Crippen LogP contribution in [0.4, 0.5) is 0 Å². The SMILES string of the molecule is c1cc(OCC2CCCN2)n2ccnc2c1. The Balaban J connectivity index is 1.75. The highest BCUT2D eigenvalue weighted by Crippen LogP contribution is 2.14. The van der Waals surface area contributed by atoms with Gasteiger partial charge in [-0.3, -0.25) is 4.40 Å². The summed E-state index contributed by atoms with van der Waals surface area (Å²) in [5.74, 6) is 0.865. The van der Waals surface area contributed by atoms with Crippen molar-refractivity contribution in [3.05, 3.63) is 30.6 Å². The summed E-state index contributed by atoms with van der Waals surface area (Å²) in [6, 6.07) is 6.42. The number of fused-ring (bicyclic) bond motifs is 1. The van der Waals surface area contributed by atoms with E-state index in [2.05, 4.69) is 10.3 Å². The second-order valence-corrected chi connectivity index (χ2v) is 4.12. The van der Waals surface area contributed by atoms with E-state index >= 15 is 0 Å². The summed E-state index contributed by atoms with van der Waals surface area (Å²) in [6.45, 7) is 1.85. The minimum absolute atomic E-state index is 0.499. The molecule has 1 aliphatic heterocycles. The topological polar surface area (TPSA) is 38.6 Å². The Bertz CT molecular complexity index is 474. The van der Waals surface area contributed by atoms with Gasteiger partial charge in [0.15, 0.2) is 5.88 Å². The Morgan fingerprint density at radius 1 is 1.50 bits per heavy atom. The van der Waals surface area contributed by atoms with Gasteiger partial charge in [0.25, 0.3) is 0 Å². The maximum Gasteiger partial charge on any atom is 0.199 e. The van der Waals surface area contributed by atoms with Gasteiger partial charge in [-0.15, -0.1) is 0 Å². The van der Waals surface area contributed by atoms with Crippen molar-refractivity contribution < 1.29 is 4.74 Å². The zero-order valence-corrected chi connectivity index (χ0v) is 9.10. The number of imidazole rings is 1. The van der Waals surface area contributed by atoms with E-state index in [1.54, 1.807) is 6.20 Å². The van der Waals surface area contributed by atoms with Gasteiger partial charge in [0.2, 0.25) is 0 Å². The number of ether oxygens (including phenoxy) is 1. The van der Waals surface area contributed by atoms with Crippen LogP contribution in [0.25, 0.3) is 5.65 Å². The molecule has 1 atom stereocenters. The molecule has 16 heavy (non-hydrogen) atoms. The molecule has 2 aromatic rings. The molecular formula is C12H15N3O. The third-order valence-electron chi connectivity index (χ3n) is 2.99. The van der Waals surface area contributed by atoms with Gasteiger partial charge < -0.3 is 10.1 Å². The van der Waals surface area contributed by atoms with E-state index in [0.717, 1.165) is 24.7 Å². The normalized spacial score (nSPS) is 20.4. The molecule has 1 fully saturated rings. The first kappa shape index (κ1) is 9.66. The Kier molecular flexibility index (Phi) is 2.50. The molecule has 0 aromatic carbocycles. The zero-order valence-electron chi connectivity index (χ0n) is 9.10. The van der Waals surface area contributed by atoms with Crippen molar-refractivity contribution in [2.75, 3.05) is 13.2 Å². The first-order valence-corrected chi connectivity index (χ1v) is 5.72. The minimum Gasteiger partial charge on any atom is -0.477 e. The van der Waals surface area contributed by atoms with Crippen molar-refractivity contribution in [1.82, 2.24) is 14.7 Å². The van der Waals surface area contributed by atoms with Crippen LogP contribution in [0, 0.1) is 0 Å². The van der Waals surface area contributed by atoms with Crippen LogP contribution in [0.5, 0.6) is 5.88 Å². The molecule has 84 valence electrons. The molecule has 4 heteroatoms. The van der Waals surface area contributed by atoms with Crippen LogP contribution in [-0.2, 0) is 0 Å². The molecule has 1 aliphatic rings. The van der Waals surface area contributed by atoms with Gasteiger partial charge >= 0.3 is 0 Å². The first-order chi connectivity index (χ1) is 7.93. The van der Waals surface area contributed by atoms with Crippen molar-refractivity contribution in [3.8, 4) is 5.88 Å². The lowest BCUT2D eigenvalue weighted by atomic mass is 10.2. The predicted octanol–water partition coefficient (Wildman–Crippen LogP) is 1.47. The maximum absolute atomic E-state index is 5.82. The van der Waals surface area contributed by atoms with E-state index in [1.807, 2.05) is 28.8 Å². The van der Waals surface area contributed by atoms with Gasteiger partial charge in [-0.2, -0.15) is 0 Å². The monoisotopic (exact) mass is 217 g/mol. The summed E-state index contributed by atoms with van der Waals surface area (Å²) in [4.78, 5) is 4.23. The standard InChI is InChI=1S/C12H15N3O/c1-4-11-14-7-8-15(11)12(5-1)16-9-10-3-2-6-13-10/h1,4-5,7-8,10,13H,2-3,6,9H2. The van der Waals surface area contributed by atoms with Crippen molar-refractivity contribution in [2.24, 2.45) is 0 Å². The Labute approximate surface area is 94.3 Å². The number of rotatable bonds is 3. The van der Waals surface area contributed by atoms with Gasteiger partial charge in [-0.1, -0.05) is 6.07 Å². The average Bonchev–Trinajstić information content (AvgIpc) is 2.97. The van der Waals surface area contributed by atoms with Crippen LogP contribution in [0.2, 0.25) is 0 Å². The van der Waals surface area contributed by atoms with Gasteiger partial charge in [-0.25, -0.2) is 4.98 Å². The Morgan fingerprint density at radius 2 is 2.50 bits per heavy atom. The van der Waals surface area contributed by atoms with E-state index in [4.69, 9.17) is 4.74 Å². The van der Waals surface area contributed by atoms with Crippen LogP contribution < -0.4 is 10.1 Å². The Hall–Kier alpha value is -1.55. The van der Waals surface area contributed by atoms with Gasteiger partial charge in [-0.05, 0) is 31.5 Å². The van der Waals surface area contributed by atoms with Crippen LogP contribution in [0.3, 0.4) is 0 Å². The number of nitrogens with zero attached hydrogens (tertiary/aromatic N) is 2. The van der Waals surface area contributed by atoms with Crippen molar-refractivity contribution in [2.45, 2.75) is 18.9 Å². The molecule has 0 saturated carbocycles. The lowest BCUT2D eigenvalue weighted by Crippen LogP contribution is -2.28. The first-order valence-electron chi connectivity index (χ1n) is 5.72. The number of hydrogen-bond donors (Lipinski definition) is 1. The molecule has 3 heterocycles. The van der Waals surface area contributed by atoms with E-state index in [1.165, 1.54) is 12.8 Å². The summed E-state index contributed by atoms with van der Waals surface area (Å²) in [5.41, 5.74) is 0.928. The summed E-state index contributed by atoms with van der Waals surface area (Å²) >= 11 is 0. The van der Waals surface area contributed by atoms with E-state index in [-0.39, 0.29) is 0 Å². The molecule has 0 aliphatic carbocycles. The average molecular weight is 217 g/mol. The van der Waals surface area contributed by atoms with E-state index in [0.29, 0.717) is 6.04 Å². The molecule has 0 amide bonds. The lowest BCUT2D eigenvalue weighted by Gasteiger charge is -2.12. The van der Waals surface area contributed by atoms with Crippen LogP contribution in [0.1, 0.15) is 12.8 Å². The summed E-state index contributed by atoms with van der Waals surface area (Å²) < 4.78 is 7.79. The summed E-state index contributed by atoms with van der Waals surface area (Å²) in [6.07, 6.45) is 6.17. The van der Waals surface area contributed by atoms with Gasteiger partial charge in [0, 0.05) is 18.4 Å². The quantitative estimate of drug-likeness (QED) is 0.846. The highest BCUT2D eigenvalue weighted by atomic mass is 16.5. The lowest BCUT2D eigenvalue weighted by molar-refractivity contribution is 0.264. The van der Waals surface area contributed by atoms with Gasteiger partial charge in [0.1, 0.15) is 12.3 Å². The third-order valence-corrected chi connectivity index (χ3v) is 2.99. The molecule has 0 bridgehead atoms. The molecule has 2 aromatic heterocycles. The Morgan fingerprint density at radius 3 is 3.38 bits per heavy atom. The second-order valence-electron chi connectivity index (χ2n) is 4.12. The number of hydrogen-bond acceptors (Lipinski definition) is 3. The van der Waals surface area contributed by atoms with Crippen LogP contribution in [0.15, 0.2) is 30.6 Å². The second kappa shape index (κ2) is 4.14. The highest BCUT2D eigenvalue weighted by molar-refractivity contribution is 5.41. The fourth-order valence-corrected chi connectivity index (χ4v) is 2.12. The van der Waals surface area contributed by atoms with Gasteiger partial charge in [0.05, 0.1) is 0 Å². The predicted molar refractivity (Wildman–Crippen MR) is 61.7 cm³/mol. The largest absolute Gasteiger partial charge is 0.477 e. The minimum atomic E-state index is 0.499. The number of pyridine rings is 1. The molecule has 4 nitrogen and oxygen atoms in total. The molecule has 0 radical (unpaired) electrons. The molecule has 3 rings (SSSR count). The molecular weight excluding hydrogens is 202 g/mol. The van der Waals surface area contributed by atoms with Crippen molar-refractivity contribution >= 4 is 5.65 Å². The van der Waals surface area contributed by atoms with E-state index in [9.17, 15) is 0 Å².